The van der Waals surface area contributed by atoms with E-state index in [1.54, 1.807) is 12.4 Å². The summed E-state index contributed by atoms with van der Waals surface area (Å²) < 4.78 is 0. The van der Waals surface area contributed by atoms with Crippen LogP contribution in [0.15, 0.2) is 29.6 Å². The van der Waals surface area contributed by atoms with Crippen LogP contribution in [-0.2, 0) is 0 Å². The normalized spacial score (nSPS) is 9.23. The summed E-state index contributed by atoms with van der Waals surface area (Å²) in [5.41, 5.74) is 1.26. The maximum atomic E-state index is 10.9. The van der Waals surface area contributed by atoms with Crippen molar-refractivity contribution in [1.29, 1.82) is 0 Å². The first-order valence-electron chi connectivity index (χ1n) is 3.40. The van der Waals surface area contributed by atoms with Gasteiger partial charge in [-0.2, -0.15) is 5.10 Å². The molecule has 6 heteroatoms. The second-order valence-corrected chi connectivity index (χ2v) is 2.28. The van der Waals surface area contributed by atoms with E-state index in [2.05, 4.69) is 20.2 Å². The Morgan fingerprint density at radius 2 is 2.23 bits per heavy atom. The van der Waals surface area contributed by atoms with Crippen LogP contribution in [0.2, 0.25) is 0 Å². The molecular formula is C7H7ClN4O. The quantitative estimate of drug-likeness (QED) is 0.704. The molecule has 0 saturated heterocycles. The second kappa shape index (κ2) is 3.86. The van der Waals surface area contributed by atoms with Crippen LogP contribution in [0.3, 0.4) is 0 Å². The maximum Gasteiger partial charge on any atom is 0.251 e. The van der Waals surface area contributed by atoms with E-state index in [4.69, 9.17) is 0 Å². The van der Waals surface area contributed by atoms with E-state index in [1.165, 1.54) is 12.4 Å². The molecule has 0 aliphatic rings. The fourth-order valence-corrected chi connectivity index (χ4v) is 0.917. The van der Waals surface area contributed by atoms with Gasteiger partial charge in [0.2, 0.25) is 0 Å². The van der Waals surface area contributed by atoms with Crippen molar-refractivity contribution in [3.05, 3.63) is 35.1 Å². The van der Waals surface area contributed by atoms with Gasteiger partial charge in [-0.05, 0) is 0 Å². The molecule has 0 aromatic carbocycles. The molecule has 2 aromatic rings. The highest BCUT2D eigenvalue weighted by Gasteiger charge is 1.98. The largest absolute Gasteiger partial charge is 0.313 e. The smallest absolute Gasteiger partial charge is 0.251 e. The highest BCUT2D eigenvalue weighted by atomic mass is 35.5. The molecule has 0 radical (unpaired) electrons. The van der Waals surface area contributed by atoms with E-state index < -0.39 is 0 Å². The third kappa shape index (κ3) is 1.94. The fourth-order valence-electron chi connectivity index (χ4n) is 0.917. The topological polar surface area (TPSA) is 74.4 Å². The van der Waals surface area contributed by atoms with Crippen LogP contribution in [0.4, 0.5) is 0 Å². The van der Waals surface area contributed by atoms with Gasteiger partial charge in [-0.1, -0.05) is 0 Å². The number of aromatic nitrogens is 4. The van der Waals surface area contributed by atoms with Crippen molar-refractivity contribution in [2.24, 2.45) is 0 Å². The summed E-state index contributed by atoms with van der Waals surface area (Å²) in [4.78, 5) is 17.3. The standard InChI is InChI=1S/C7H6N4O.ClH/c12-7-1-6(8-4-9-7)5-2-10-11-3-5;/h1-4H,(H,10,11)(H,8,9,12);1H. The zero-order valence-electron chi connectivity index (χ0n) is 6.52. The van der Waals surface area contributed by atoms with Crippen molar-refractivity contribution in [2.75, 3.05) is 0 Å². The van der Waals surface area contributed by atoms with E-state index in [0.717, 1.165) is 5.56 Å². The van der Waals surface area contributed by atoms with Crippen molar-refractivity contribution < 1.29 is 0 Å². The van der Waals surface area contributed by atoms with Crippen LogP contribution in [-0.4, -0.2) is 20.2 Å². The van der Waals surface area contributed by atoms with Crippen molar-refractivity contribution in [1.82, 2.24) is 20.2 Å². The minimum Gasteiger partial charge on any atom is -0.313 e. The number of hydrogen-bond acceptors (Lipinski definition) is 3. The summed E-state index contributed by atoms with van der Waals surface area (Å²) in [6.45, 7) is 0. The summed E-state index contributed by atoms with van der Waals surface area (Å²) in [5.74, 6) is 0. The van der Waals surface area contributed by atoms with Gasteiger partial charge in [0, 0.05) is 17.8 Å². The van der Waals surface area contributed by atoms with E-state index in [0.29, 0.717) is 5.69 Å². The molecule has 0 unspecified atom stereocenters. The van der Waals surface area contributed by atoms with Crippen molar-refractivity contribution >= 4 is 12.4 Å². The first kappa shape index (κ1) is 9.47. The molecule has 0 bridgehead atoms. The Balaban J connectivity index is 0.000000845. The molecule has 2 N–H and O–H groups in total. The lowest BCUT2D eigenvalue weighted by Crippen LogP contribution is -2.03. The van der Waals surface area contributed by atoms with Gasteiger partial charge >= 0.3 is 0 Å². The van der Waals surface area contributed by atoms with E-state index >= 15 is 0 Å². The maximum absolute atomic E-state index is 10.9. The van der Waals surface area contributed by atoms with Gasteiger partial charge in [0.15, 0.2) is 0 Å². The zero-order valence-corrected chi connectivity index (χ0v) is 7.34. The molecule has 0 saturated carbocycles. The highest BCUT2D eigenvalue weighted by molar-refractivity contribution is 5.85. The Morgan fingerprint density at radius 3 is 2.85 bits per heavy atom. The minimum absolute atomic E-state index is 0. The second-order valence-electron chi connectivity index (χ2n) is 2.28. The minimum atomic E-state index is -0.166. The van der Waals surface area contributed by atoms with Crippen LogP contribution >= 0.6 is 12.4 Å². The third-order valence-corrected chi connectivity index (χ3v) is 1.47. The van der Waals surface area contributed by atoms with E-state index in [-0.39, 0.29) is 18.0 Å². The van der Waals surface area contributed by atoms with Crippen LogP contribution in [0.1, 0.15) is 0 Å². The Bertz CT molecular complexity index is 422. The third-order valence-electron chi connectivity index (χ3n) is 1.47. The molecule has 0 spiro atoms. The van der Waals surface area contributed by atoms with Crippen molar-refractivity contribution in [3.63, 3.8) is 0 Å². The molecule has 13 heavy (non-hydrogen) atoms. The van der Waals surface area contributed by atoms with E-state index in [9.17, 15) is 4.79 Å². The lowest BCUT2D eigenvalue weighted by atomic mass is 10.2. The van der Waals surface area contributed by atoms with Crippen LogP contribution in [0.25, 0.3) is 11.3 Å². The molecule has 2 aromatic heterocycles. The van der Waals surface area contributed by atoms with Crippen LogP contribution in [0, 0.1) is 0 Å². The van der Waals surface area contributed by atoms with Gasteiger partial charge in [0.1, 0.15) is 0 Å². The average Bonchev–Trinajstić information content (AvgIpc) is 2.56. The lowest BCUT2D eigenvalue weighted by molar-refractivity contribution is 1.09. The van der Waals surface area contributed by atoms with Crippen molar-refractivity contribution in [2.45, 2.75) is 0 Å². The van der Waals surface area contributed by atoms with Crippen molar-refractivity contribution in [3.8, 4) is 11.3 Å². The number of nitrogens with zero attached hydrogens (tertiary/aromatic N) is 2. The van der Waals surface area contributed by atoms with Gasteiger partial charge in [-0.25, -0.2) is 4.98 Å². The van der Waals surface area contributed by atoms with Gasteiger partial charge in [-0.15, -0.1) is 12.4 Å². The molecule has 0 atom stereocenters. The first-order valence-corrected chi connectivity index (χ1v) is 3.40. The molecule has 0 amide bonds. The molecule has 0 aliphatic heterocycles. The SMILES string of the molecule is Cl.O=c1cc(-c2cn[nH]c2)nc[nH]1. The number of H-pyrrole nitrogens is 2. The Morgan fingerprint density at radius 1 is 1.38 bits per heavy atom. The monoisotopic (exact) mass is 198 g/mol. The molecular weight excluding hydrogens is 192 g/mol. The molecule has 68 valence electrons. The predicted octanol–water partition coefficient (Wildman–Crippen LogP) is 0.582. The summed E-state index contributed by atoms with van der Waals surface area (Å²) in [5, 5.41) is 6.40. The number of halogens is 1. The van der Waals surface area contributed by atoms with Gasteiger partial charge in [-0.3, -0.25) is 9.89 Å². The number of hydrogen-bond donors (Lipinski definition) is 2. The molecule has 5 nitrogen and oxygen atoms in total. The molecule has 0 aliphatic carbocycles. The molecule has 0 fully saturated rings. The summed E-state index contributed by atoms with van der Waals surface area (Å²) >= 11 is 0. The predicted molar refractivity (Wildman–Crippen MR) is 49.7 cm³/mol. The van der Waals surface area contributed by atoms with E-state index in [1.807, 2.05) is 0 Å². The summed E-state index contributed by atoms with van der Waals surface area (Å²) in [6, 6.07) is 1.42. The van der Waals surface area contributed by atoms with Crippen LogP contribution in [0.5, 0.6) is 0 Å². The Hall–Kier alpha value is -1.62. The van der Waals surface area contributed by atoms with Gasteiger partial charge in [0.05, 0.1) is 18.2 Å². The Labute approximate surface area is 79.6 Å². The average molecular weight is 199 g/mol. The first-order chi connectivity index (χ1) is 5.86. The molecule has 2 heterocycles. The Kier molecular flexibility index (Phi) is 2.81. The number of rotatable bonds is 1. The summed E-state index contributed by atoms with van der Waals surface area (Å²) in [7, 11) is 0. The lowest BCUT2D eigenvalue weighted by Gasteiger charge is -1.91. The van der Waals surface area contributed by atoms with Gasteiger partial charge in [0.25, 0.3) is 5.56 Å². The highest BCUT2D eigenvalue weighted by Crippen LogP contribution is 2.10. The summed E-state index contributed by atoms with van der Waals surface area (Å²) in [6.07, 6.45) is 4.66. The zero-order chi connectivity index (χ0) is 8.39. The fraction of sp³-hybridized carbons (Fsp3) is 0. The van der Waals surface area contributed by atoms with Gasteiger partial charge < -0.3 is 4.98 Å². The molecule has 2 rings (SSSR count). The van der Waals surface area contributed by atoms with Crippen LogP contribution < -0.4 is 5.56 Å². The number of aromatic amines is 2. The number of nitrogens with one attached hydrogen (secondary N) is 2.